The van der Waals surface area contributed by atoms with Crippen molar-refractivity contribution in [3.8, 4) is 0 Å². The molecule has 6 aromatic rings. The zero-order valence-electron chi connectivity index (χ0n) is 58.8. The molecule has 0 unspecified atom stereocenters. The topological polar surface area (TPSA) is 6.25 Å². The fraction of sp³-hybridized carbons (Fsp3) is 0.543. The van der Waals surface area contributed by atoms with Gasteiger partial charge in [-0.05, 0) is 124 Å². The lowest BCUT2D eigenvalue weighted by atomic mass is 9.76. The largest absolute Gasteiger partial charge is 1.00 e. The smallest absolute Gasteiger partial charge is 0.244 e. The molecule has 1 aliphatic heterocycles. The van der Waals surface area contributed by atoms with E-state index in [0.29, 0.717) is 0 Å². The highest BCUT2D eigenvalue weighted by Gasteiger charge is 2.37. The van der Waals surface area contributed by atoms with E-state index < -0.39 is 0 Å². The molecule has 0 spiro atoms. The van der Waals surface area contributed by atoms with Gasteiger partial charge in [0.15, 0.2) is 0 Å². The summed E-state index contributed by atoms with van der Waals surface area (Å²) in [7, 11) is 0. The van der Waals surface area contributed by atoms with Gasteiger partial charge in [0.25, 0.3) is 0 Å². The third kappa shape index (κ3) is 15.1. The highest BCUT2D eigenvalue weighted by atomic mass is 35.5. The number of anilines is 1. The van der Waals surface area contributed by atoms with Crippen molar-refractivity contribution < 1.29 is 17.0 Å². The molecule has 3 heteroatoms. The molecular formula is C81H115ClN2. The van der Waals surface area contributed by atoms with Gasteiger partial charge in [0.05, 0.1) is 0 Å². The van der Waals surface area contributed by atoms with Crippen LogP contribution in [-0.4, -0.2) is 24.0 Å². The second-order valence-electron chi connectivity index (χ2n) is 34.3. The molecule has 84 heavy (non-hydrogen) atoms. The minimum atomic E-state index is -0.000615. The minimum Gasteiger partial charge on any atom is -1.00 e. The van der Waals surface area contributed by atoms with Gasteiger partial charge in [-0.1, -0.05) is 302 Å². The van der Waals surface area contributed by atoms with Crippen molar-refractivity contribution in [3.05, 3.63) is 197 Å². The number of rotatable bonds is 10. The van der Waals surface area contributed by atoms with Crippen molar-refractivity contribution in [1.82, 2.24) is 0 Å². The number of halogens is 1. The Balaban J connectivity index is 0.0000113. The summed E-state index contributed by atoms with van der Waals surface area (Å²) in [6.07, 6.45) is 2.55. The summed E-state index contributed by atoms with van der Waals surface area (Å²) in [6, 6.07) is 40.3. The van der Waals surface area contributed by atoms with Gasteiger partial charge in [0.2, 0.25) is 6.34 Å². The average molecular weight is 1150 g/mol. The van der Waals surface area contributed by atoms with Crippen LogP contribution in [0.3, 0.4) is 0 Å². The van der Waals surface area contributed by atoms with Crippen LogP contribution in [0.4, 0.5) is 11.4 Å². The van der Waals surface area contributed by atoms with E-state index in [2.05, 4.69) is 321 Å². The fourth-order valence-electron chi connectivity index (χ4n) is 12.3. The average Bonchev–Trinajstić information content (AvgIpc) is 3.98. The zero-order chi connectivity index (χ0) is 62.4. The van der Waals surface area contributed by atoms with Gasteiger partial charge < -0.3 is 12.4 Å². The Morgan fingerprint density at radius 2 is 0.512 bits per heavy atom. The van der Waals surface area contributed by atoms with E-state index in [0.717, 1.165) is 13.1 Å². The van der Waals surface area contributed by atoms with Gasteiger partial charge >= 0.3 is 0 Å². The predicted molar refractivity (Wildman–Crippen MR) is 366 cm³/mol. The summed E-state index contributed by atoms with van der Waals surface area (Å²) >= 11 is 0. The van der Waals surface area contributed by atoms with Gasteiger partial charge in [0.1, 0.15) is 24.5 Å². The second kappa shape index (κ2) is 23.6. The maximum absolute atomic E-state index is 2.69. The molecule has 1 aliphatic rings. The number of aryl methyl sites for hydroxylation is 2. The van der Waals surface area contributed by atoms with Crippen LogP contribution in [0.15, 0.2) is 97.1 Å². The quantitative estimate of drug-likeness (QED) is 0.124. The first-order valence-corrected chi connectivity index (χ1v) is 32.0. The van der Waals surface area contributed by atoms with Crippen LogP contribution in [0, 0.1) is 13.8 Å². The third-order valence-corrected chi connectivity index (χ3v) is 18.7. The maximum Gasteiger partial charge on any atom is 0.244 e. The Hall–Kier alpha value is -4.92. The van der Waals surface area contributed by atoms with Crippen molar-refractivity contribution in [2.45, 2.75) is 275 Å². The van der Waals surface area contributed by atoms with E-state index in [9.17, 15) is 0 Å². The third-order valence-electron chi connectivity index (χ3n) is 18.7. The first kappa shape index (κ1) is 68.2. The lowest BCUT2D eigenvalue weighted by Gasteiger charge is -2.30. The zero-order valence-corrected chi connectivity index (χ0v) is 59.6. The molecule has 2 nitrogen and oxygen atoms in total. The molecule has 1 heterocycles. The Morgan fingerprint density at radius 1 is 0.310 bits per heavy atom. The molecule has 0 fully saturated rings. The summed E-state index contributed by atoms with van der Waals surface area (Å²) in [5.74, 6) is 0.491. The molecule has 0 saturated heterocycles. The van der Waals surface area contributed by atoms with Crippen molar-refractivity contribution in [2.75, 3.05) is 18.0 Å². The summed E-state index contributed by atoms with van der Waals surface area (Å²) in [6.45, 7) is 73.3. The number of nitrogens with zero attached hydrogens (tertiary/aromatic N) is 2. The summed E-state index contributed by atoms with van der Waals surface area (Å²) in [5.41, 5.74) is 27.6. The van der Waals surface area contributed by atoms with Crippen LogP contribution < -0.4 is 17.3 Å². The van der Waals surface area contributed by atoms with E-state index in [1.807, 2.05) is 0 Å². The van der Waals surface area contributed by atoms with Crippen LogP contribution in [0.2, 0.25) is 0 Å². The molecule has 4 atom stereocenters. The van der Waals surface area contributed by atoms with Gasteiger partial charge in [-0.15, -0.1) is 0 Å². The Labute approximate surface area is 521 Å². The number of hydrogen-bond donors (Lipinski definition) is 0. The molecular weight excluding hydrogens is 1040 g/mol. The molecule has 0 saturated carbocycles. The number of benzene rings is 6. The first-order valence-electron chi connectivity index (χ1n) is 32.0. The van der Waals surface area contributed by atoms with E-state index in [4.69, 9.17) is 0 Å². The molecule has 0 N–H and O–H groups in total. The standard InChI is InChI=1S/C81H115N2.ClH/c1-50-33-68(52(3)56-37-60(74(7,8)9)45-61(38-56)75(10,11)12)72(69(34-50)53(4)57-39-62(76(13,14)15)46-63(40-57)77(16,17)18)82-31-32-83(49-82)73-70(54(5)58-41-64(78(19,20)21)47-65(42-58)79(22,23)24)35-51(2)36-71(73)55(6)59-43-66(80(25,26)27)48-67(44-59)81(28,29)30;/h33-49,52-55H,31-32H2,1-30H3;1H/q+1;/p-1/t52-,53-,54-,55-;/m1./s1. The summed E-state index contributed by atoms with van der Waals surface area (Å²) in [5, 5.41) is 0. The Bertz CT molecular complexity index is 3060. The van der Waals surface area contributed by atoms with Crippen molar-refractivity contribution in [3.63, 3.8) is 0 Å². The van der Waals surface area contributed by atoms with Gasteiger partial charge in [0, 0.05) is 45.9 Å². The van der Waals surface area contributed by atoms with E-state index in [1.165, 1.54) is 112 Å². The highest BCUT2D eigenvalue weighted by molar-refractivity contribution is 5.84. The van der Waals surface area contributed by atoms with Gasteiger partial charge in [-0.3, -0.25) is 0 Å². The normalized spacial score (nSPS) is 15.6. The van der Waals surface area contributed by atoms with E-state index >= 15 is 0 Å². The van der Waals surface area contributed by atoms with E-state index in [1.54, 1.807) is 0 Å². The van der Waals surface area contributed by atoms with Gasteiger partial charge in [-0.25, -0.2) is 9.48 Å². The van der Waals surface area contributed by atoms with Crippen LogP contribution >= 0.6 is 0 Å². The minimum absolute atomic E-state index is 0. The molecule has 0 aliphatic carbocycles. The Morgan fingerprint density at radius 3 is 0.726 bits per heavy atom. The number of hydrogen-bond acceptors (Lipinski definition) is 1. The van der Waals surface area contributed by atoms with Gasteiger partial charge in [-0.2, -0.15) is 0 Å². The second-order valence-corrected chi connectivity index (χ2v) is 34.3. The van der Waals surface area contributed by atoms with Crippen molar-refractivity contribution in [2.24, 2.45) is 0 Å². The molecule has 6 aromatic carbocycles. The Kier molecular flexibility index (Phi) is 19.2. The molecule has 7 rings (SSSR count). The maximum atomic E-state index is 2.69. The molecule has 0 aromatic heterocycles. The summed E-state index contributed by atoms with van der Waals surface area (Å²) < 4.78 is 2.69. The lowest BCUT2D eigenvalue weighted by molar-refractivity contribution is -0.425. The molecule has 0 bridgehead atoms. The van der Waals surface area contributed by atoms with E-state index in [-0.39, 0.29) is 79.4 Å². The van der Waals surface area contributed by atoms with Crippen molar-refractivity contribution in [1.29, 1.82) is 0 Å². The molecule has 0 amide bonds. The van der Waals surface area contributed by atoms with Crippen LogP contribution in [0.5, 0.6) is 0 Å². The lowest BCUT2D eigenvalue weighted by Crippen LogP contribution is -3.00. The van der Waals surface area contributed by atoms with Crippen LogP contribution in [0.1, 0.15) is 318 Å². The highest BCUT2D eigenvalue weighted by Crippen LogP contribution is 2.48. The molecule has 456 valence electrons. The van der Waals surface area contributed by atoms with Crippen LogP contribution in [0.25, 0.3) is 0 Å². The van der Waals surface area contributed by atoms with Crippen LogP contribution in [-0.2, 0) is 43.3 Å². The summed E-state index contributed by atoms with van der Waals surface area (Å²) in [4.78, 5) is 2.69. The first-order chi connectivity index (χ1) is 37.6. The monoisotopic (exact) mass is 1150 g/mol. The fourth-order valence-corrected chi connectivity index (χ4v) is 12.3. The SMILES string of the molecule is Cc1cc([C@H](C)c2cc(C(C)(C)C)cc(C(C)(C)C)c2)c(N2C=[N+](c3c([C@H](C)c4cc(C(C)(C)C)cc(C(C)(C)C)c4)cc(C)cc3[C@H](C)c3cc(C(C)(C)C)cc(C(C)(C)C)c3)CC2)c([C@H](C)c2cc(C(C)(C)C)cc(C(C)(C)C)c2)c1.[Cl-]. The predicted octanol–water partition coefficient (Wildman–Crippen LogP) is 19.5. The molecule has 0 radical (unpaired) electrons. The van der Waals surface area contributed by atoms with Crippen molar-refractivity contribution >= 4 is 17.7 Å².